The van der Waals surface area contributed by atoms with E-state index in [0.29, 0.717) is 11.8 Å². The first kappa shape index (κ1) is 8.51. The summed E-state index contributed by atoms with van der Waals surface area (Å²) in [6, 6.07) is 0. The maximum Gasteiger partial charge on any atom is 0.155 e. The molecule has 0 heterocycles. The predicted octanol–water partition coefficient (Wildman–Crippen LogP) is 2.57. The van der Waals surface area contributed by atoms with Gasteiger partial charge in [0.25, 0.3) is 0 Å². The van der Waals surface area contributed by atoms with E-state index >= 15 is 0 Å². The van der Waals surface area contributed by atoms with E-state index in [1.54, 1.807) is 6.92 Å². The van der Waals surface area contributed by atoms with Gasteiger partial charge in [-0.2, -0.15) is 0 Å². The molecular formula is C10H16O. The average Bonchev–Trinajstić information content (AvgIpc) is 2.33. The standard InChI is InChI=1S/C10H16O/c1-7(2)9-4-5-10(6-9)8(3)11/h5,7,9H,4,6H2,1-3H3/t9-/m0/s1. The molecule has 0 N–H and O–H groups in total. The summed E-state index contributed by atoms with van der Waals surface area (Å²) in [7, 11) is 0. The number of Topliss-reactive ketones (excluding diaryl/α,β-unsaturated/α-hetero) is 1. The first-order chi connectivity index (χ1) is 5.11. The minimum absolute atomic E-state index is 0.258. The molecule has 1 aliphatic carbocycles. The van der Waals surface area contributed by atoms with E-state index in [4.69, 9.17) is 0 Å². The third-order valence-electron chi connectivity index (χ3n) is 2.54. The highest BCUT2D eigenvalue weighted by molar-refractivity contribution is 5.93. The van der Waals surface area contributed by atoms with Crippen molar-refractivity contribution in [1.82, 2.24) is 0 Å². The number of hydrogen-bond donors (Lipinski definition) is 0. The Morgan fingerprint density at radius 3 is 2.55 bits per heavy atom. The number of hydrogen-bond acceptors (Lipinski definition) is 1. The Hall–Kier alpha value is -0.590. The van der Waals surface area contributed by atoms with E-state index in [9.17, 15) is 4.79 Å². The van der Waals surface area contributed by atoms with Gasteiger partial charge in [-0.05, 0) is 37.2 Å². The smallest absolute Gasteiger partial charge is 0.155 e. The maximum atomic E-state index is 10.9. The summed E-state index contributed by atoms with van der Waals surface area (Å²) in [5.74, 6) is 1.69. The lowest BCUT2D eigenvalue weighted by Gasteiger charge is -2.13. The molecule has 0 aromatic heterocycles. The largest absolute Gasteiger partial charge is 0.295 e. The van der Waals surface area contributed by atoms with Crippen LogP contribution >= 0.6 is 0 Å². The van der Waals surface area contributed by atoms with Crippen LogP contribution in [0.5, 0.6) is 0 Å². The molecule has 0 radical (unpaired) electrons. The molecule has 1 rings (SSSR count). The van der Waals surface area contributed by atoms with E-state index in [2.05, 4.69) is 19.9 Å². The minimum atomic E-state index is 0.258. The molecule has 62 valence electrons. The third kappa shape index (κ3) is 1.92. The van der Waals surface area contributed by atoms with Gasteiger partial charge < -0.3 is 0 Å². The molecule has 0 aromatic carbocycles. The van der Waals surface area contributed by atoms with Gasteiger partial charge in [-0.1, -0.05) is 19.9 Å². The van der Waals surface area contributed by atoms with Gasteiger partial charge in [0.15, 0.2) is 5.78 Å². The monoisotopic (exact) mass is 152 g/mol. The fraction of sp³-hybridized carbons (Fsp3) is 0.700. The van der Waals surface area contributed by atoms with Crippen molar-refractivity contribution in [3.63, 3.8) is 0 Å². The molecule has 1 heteroatoms. The lowest BCUT2D eigenvalue weighted by atomic mass is 9.92. The van der Waals surface area contributed by atoms with Crippen molar-refractivity contribution >= 4 is 5.78 Å². The summed E-state index contributed by atoms with van der Waals surface area (Å²) in [5, 5.41) is 0. The second-order valence-corrected chi connectivity index (χ2v) is 3.73. The van der Waals surface area contributed by atoms with Crippen LogP contribution in [0.4, 0.5) is 0 Å². The highest BCUT2D eigenvalue weighted by Gasteiger charge is 2.21. The van der Waals surface area contributed by atoms with Gasteiger partial charge in [0.05, 0.1) is 0 Å². The third-order valence-corrected chi connectivity index (χ3v) is 2.54. The number of rotatable bonds is 2. The average molecular weight is 152 g/mol. The fourth-order valence-electron chi connectivity index (χ4n) is 1.54. The highest BCUT2D eigenvalue weighted by atomic mass is 16.1. The zero-order valence-corrected chi connectivity index (χ0v) is 7.55. The number of carbonyl (C=O) groups excluding carboxylic acids is 1. The van der Waals surface area contributed by atoms with Gasteiger partial charge in [0.1, 0.15) is 0 Å². The molecule has 0 fully saturated rings. The van der Waals surface area contributed by atoms with Crippen molar-refractivity contribution in [2.75, 3.05) is 0 Å². The van der Waals surface area contributed by atoms with Crippen LogP contribution in [0.2, 0.25) is 0 Å². The van der Waals surface area contributed by atoms with E-state index in [1.165, 1.54) is 0 Å². The highest BCUT2D eigenvalue weighted by Crippen LogP contribution is 2.30. The first-order valence-corrected chi connectivity index (χ1v) is 4.31. The van der Waals surface area contributed by atoms with Crippen molar-refractivity contribution in [3.8, 4) is 0 Å². The molecule has 0 bridgehead atoms. The molecule has 1 atom stereocenters. The normalized spacial score (nSPS) is 24.0. The molecule has 0 aliphatic heterocycles. The molecule has 0 saturated heterocycles. The molecular weight excluding hydrogens is 136 g/mol. The topological polar surface area (TPSA) is 17.1 Å². The zero-order valence-electron chi connectivity index (χ0n) is 7.55. The van der Waals surface area contributed by atoms with Gasteiger partial charge in [-0.3, -0.25) is 4.79 Å². The minimum Gasteiger partial charge on any atom is -0.295 e. The van der Waals surface area contributed by atoms with Crippen LogP contribution in [0.3, 0.4) is 0 Å². The second kappa shape index (κ2) is 3.21. The SMILES string of the molecule is CC(=O)C1=CC[C@H](C(C)C)C1. The Morgan fingerprint density at radius 2 is 2.27 bits per heavy atom. The molecule has 11 heavy (non-hydrogen) atoms. The van der Waals surface area contributed by atoms with Crippen molar-refractivity contribution in [3.05, 3.63) is 11.6 Å². The zero-order chi connectivity index (χ0) is 8.43. The summed E-state index contributed by atoms with van der Waals surface area (Å²) in [6.45, 7) is 6.11. The van der Waals surface area contributed by atoms with Crippen molar-refractivity contribution < 1.29 is 4.79 Å². The molecule has 1 aliphatic rings. The van der Waals surface area contributed by atoms with Crippen LogP contribution in [-0.2, 0) is 4.79 Å². The van der Waals surface area contributed by atoms with Gasteiger partial charge in [-0.25, -0.2) is 0 Å². The second-order valence-electron chi connectivity index (χ2n) is 3.73. The van der Waals surface area contributed by atoms with Crippen LogP contribution in [0.15, 0.2) is 11.6 Å². The lowest BCUT2D eigenvalue weighted by molar-refractivity contribution is -0.113. The van der Waals surface area contributed by atoms with Crippen molar-refractivity contribution in [2.45, 2.75) is 33.6 Å². The predicted molar refractivity (Wildman–Crippen MR) is 46.3 cm³/mol. The molecule has 0 saturated carbocycles. The Kier molecular flexibility index (Phi) is 2.48. The van der Waals surface area contributed by atoms with Gasteiger partial charge in [-0.15, -0.1) is 0 Å². The summed E-state index contributed by atoms with van der Waals surface area (Å²) in [4.78, 5) is 10.9. The fourth-order valence-corrected chi connectivity index (χ4v) is 1.54. The van der Waals surface area contributed by atoms with Crippen molar-refractivity contribution in [2.24, 2.45) is 11.8 Å². The number of ketones is 1. The Bertz CT molecular complexity index is 189. The van der Waals surface area contributed by atoms with E-state index < -0.39 is 0 Å². The Balaban J connectivity index is 2.49. The van der Waals surface area contributed by atoms with Gasteiger partial charge >= 0.3 is 0 Å². The summed E-state index contributed by atoms with van der Waals surface area (Å²) < 4.78 is 0. The summed E-state index contributed by atoms with van der Waals surface area (Å²) in [6.07, 6.45) is 4.21. The molecule has 0 spiro atoms. The van der Waals surface area contributed by atoms with Gasteiger partial charge in [0, 0.05) is 0 Å². The first-order valence-electron chi connectivity index (χ1n) is 4.31. The van der Waals surface area contributed by atoms with Gasteiger partial charge in [0.2, 0.25) is 0 Å². The lowest BCUT2D eigenvalue weighted by Crippen LogP contribution is -2.05. The van der Waals surface area contributed by atoms with E-state index in [-0.39, 0.29) is 5.78 Å². The molecule has 0 unspecified atom stereocenters. The number of carbonyl (C=O) groups is 1. The summed E-state index contributed by atoms with van der Waals surface area (Å²) >= 11 is 0. The number of allylic oxidation sites excluding steroid dienone is 2. The Labute approximate surface area is 68.5 Å². The molecule has 1 nitrogen and oxygen atoms in total. The van der Waals surface area contributed by atoms with Crippen LogP contribution in [-0.4, -0.2) is 5.78 Å². The maximum absolute atomic E-state index is 10.9. The van der Waals surface area contributed by atoms with E-state index in [0.717, 1.165) is 18.4 Å². The van der Waals surface area contributed by atoms with Crippen LogP contribution in [0.1, 0.15) is 33.6 Å². The van der Waals surface area contributed by atoms with E-state index in [1.807, 2.05) is 0 Å². The summed E-state index contributed by atoms with van der Waals surface area (Å²) in [5.41, 5.74) is 1.05. The van der Waals surface area contributed by atoms with Crippen LogP contribution in [0.25, 0.3) is 0 Å². The van der Waals surface area contributed by atoms with Crippen LogP contribution < -0.4 is 0 Å². The van der Waals surface area contributed by atoms with Crippen LogP contribution in [0, 0.1) is 11.8 Å². The quantitative estimate of drug-likeness (QED) is 0.594. The molecule has 0 aromatic rings. The molecule has 0 amide bonds. The Morgan fingerprint density at radius 1 is 1.64 bits per heavy atom. The van der Waals surface area contributed by atoms with Crippen molar-refractivity contribution in [1.29, 1.82) is 0 Å².